The number of likely N-dealkylation sites (tertiary alicyclic amines) is 1. The van der Waals surface area contributed by atoms with Crippen molar-refractivity contribution in [2.45, 2.75) is 50.5 Å². The molecule has 0 unspecified atom stereocenters. The van der Waals surface area contributed by atoms with Gasteiger partial charge in [0.2, 0.25) is 11.8 Å². The van der Waals surface area contributed by atoms with E-state index in [1.165, 1.54) is 0 Å². The molecule has 1 spiro atoms. The zero-order chi connectivity index (χ0) is 13.5. The summed E-state index contributed by atoms with van der Waals surface area (Å²) in [6.45, 7) is 2.08. The molecule has 2 N–H and O–H groups in total. The maximum absolute atomic E-state index is 12.2. The van der Waals surface area contributed by atoms with Crippen molar-refractivity contribution in [3.05, 3.63) is 0 Å². The van der Waals surface area contributed by atoms with Gasteiger partial charge >= 0.3 is 0 Å². The monoisotopic (exact) mass is 266 g/mol. The summed E-state index contributed by atoms with van der Waals surface area (Å²) in [6, 6.07) is 0. The smallest absolute Gasteiger partial charge is 0.226 e. The summed E-state index contributed by atoms with van der Waals surface area (Å²) in [4.78, 5) is 25.8. The largest absolute Gasteiger partial charge is 0.389 e. The fourth-order valence-corrected chi connectivity index (χ4v) is 3.53. The Bertz CT molecular complexity index is 395. The normalized spacial score (nSPS) is 28.1. The highest BCUT2D eigenvalue weighted by atomic mass is 16.3. The quantitative estimate of drug-likeness (QED) is 0.761. The van der Waals surface area contributed by atoms with E-state index < -0.39 is 5.60 Å². The molecule has 0 bridgehead atoms. The Kier molecular flexibility index (Phi) is 3.04. The van der Waals surface area contributed by atoms with Crippen LogP contribution >= 0.6 is 0 Å². The summed E-state index contributed by atoms with van der Waals surface area (Å²) in [5.41, 5.74) is -0.957. The van der Waals surface area contributed by atoms with Crippen LogP contribution in [0.3, 0.4) is 0 Å². The van der Waals surface area contributed by atoms with E-state index >= 15 is 0 Å². The van der Waals surface area contributed by atoms with E-state index in [2.05, 4.69) is 5.32 Å². The van der Waals surface area contributed by atoms with Gasteiger partial charge in [0.15, 0.2) is 0 Å². The minimum Gasteiger partial charge on any atom is -0.389 e. The van der Waals surface area contributed by atoms with E-state index in [1.807, 2.05) is 4.90 Å². The van der Waals surface area contributed by atoms with Crippen molar-refractivity contribution in [1.82, 2.24) is 10.2 Å². The molecule has 0 aromatic carbocycles. The predicted molar refractivity (Wildman–Crippen MR) is 69.3 cm³/mol. The second kappa shape index (κ2) is 4.47. The highest BCUT2D eigenvalue weighted by Crippen LogP contribution is 2.39. The van der Waals surface area contributed by atoms with Gasteiger partial charge < -0.3 is 15.3 Å². The Balaban J connectivity index is 1.55. The van der Waals surface area contributed by atoms with Gasteiger partial charge in [0, 0.05) is 19.6 Å². The number of hydrogen-bond donors (Lipinski definition) is 2. The van der Waals surface area contributed by atoms with Gasteiger partial charge in [-0.1, -0.05) is 0 Å². The Hall–Kier alpha value is -1.10. The zero-order valence-electron chi connectivity index (χ0n) is 11.3. The topological polar surface area (TPSA) is 69.6 Å². The number of nitrogens with zero attached hydrogens (tertiary/aromatic N) is 1. The second-order valence-corrected chi connectivity index (χ2v) is 6.42. The van der Waals surface area contributed by atoms with Gasteiger partial charge in [-0.15, -0.1) is 0 Å². The number of amides is 2. The van der Waals surface area contributed by atoms with Crippen LogP contribution in [0.5, 0.6) is 0 Å². The standard InChI is InChI=1S/C14H22N2O3/c17-11(10-14(19)2-1-3-14)16-8-5-13(6-9-16)4-7-15-12(13)18/h19H,1-10H2,(H,15,18). The first kappa shape index (κ1) is 12.9. The third kappa shape index (κ3) is 2.24. The number of hydrogen-bond acceptors (Lipinski definition) is 3. The lowest BCUT2D eigenvalue weighted by molar-refractivity contribution is -0.145. The number of rotatable bonds is 2. The Morgan fingerprint density at radius 1 is 1.21 bits per heavy atom. The van der Waals surface area contributed by atoms with Gasteiger partial charge in [0.25, 0.3) is 0 Å². The molecule has 2 heterocycles. The third-order valence-electron chi connectivity index (χ3n) is 5.21. The molecule has 0 aromatic rings. The number of piperidine rings is 1. The van der Waals surface area contributed by atoms with E-state index in [4.69, 9.17) is 0 Å². The average molecular weight is 266 g/mol. The molecule has 2 aliphatic heterocycles. The molecule has 3 aliphatic rings. The van der Waals surface area contributed by atoms with Crippen LogP contribution in [0.2, 0.25) is 0 Å². The zero-order valence-corrected chi connectivity index (χ0v) is 11.3. The summed E-state index contributed by atoms with van der Waals surface area (Å²) >= 11 is 0. The fourth-order valence-electron chi connectivity index (χ4n) is 3.53. The first-order valence-electron chi connectivity index (χ1n) is 7.32. The van der Waals surface area contributed by atoms with Crippen molar-refractivity contribution in [1.29, 1.82) is 0 Å². The molecule has 0 aromatic heterocycles. The lowest BCUT2D eigenvalue weighted by Gasteiger charge is -2.41. The molecule has 5 heteroatoms. The molecule has 2 saturated heterocycles. The number of aliphatic hydroxyl groups is 1. The van der Waals surface area contributed by atoms with Crippen molar-refractivity contribution in [3.63, 3.8) is 0 Å². The predicted octanol–water partition coefficient (Wildman–Crippen LogP) is 0.420. The molecule has 3 rings (SSSR count). The molecule has 3 fully saturated rings. The lowest BCUT2D eigenvalue weighted by atomic mass is 9.75. The van der Waals surface area contributed by atoms with Gasteiger partial charge in [-0.05, 0) is 38.5 Å². The highest BCUT2D eigenvalue weighted by molar-refractivity contribution is 5.85. The maximum atomic E-state index is 12.2. The molecule has 2 amide bonds. The summed E-state index contributed by atoms with van der Waals surface area (Å²) < 4.78 is 0. The molecule has 0 radical (unpaired) electrons. The molecule has 1 aliphatic carbocycles. The first-order chi connectivity index (χ1) is 9.03. The summed E-state index contributed by atoms with van der Waals surface area (Å²) in [6.07, 6.45) is 5.21. The third-order valence-corrected chi connectivity index (χ3v) is 5.21. The van der Waals surface area contributed by atoms with Crippen molar-refractivity contribution in [3.8, 4) is 0 Å². The average Bonchev–Trinajstić information content (AvgIpc) is 2.70. The van der Waals surface area contributed by atoms with E-state index in [1.54, 1.807) is 0 Å². The first-order valence-corrected chi connectivity index (χ1v) is 7.32. The highest BCUT2D eigenvalue weighted by Gasteiger charge is 2.46. The molecular formula is C14H22N2O3. The summed E-state index contributed by atoms with van der Waals surface area (Å²) in [5, 5.41) is 12.9. The van der Waals surface area contributed by atoms with Crippen LogP contribution in [-0.2, 0) is 9.59 Å². The summed E-state index contributed by atoms with van der Waals surface area (Å²) in [5.74, 6) is 0.215. The van der Waals surface area contributed by atoms with Crippen molar-refractivity contribution in [2.24, 2.45) is 5.41 Å². The minimum atomic E-state index is -0.739. The van der Waals surface area contributed by atoms with Crippen molar-refractivity contribution < 1.29 is 14.7 Å². The van der Waals surface area contributed by atoms with E-state index in [0.29, 0.717) is 13.1 Å². The van der Waals surface area contributed by atoms with Crippen LogP contribution < -0.4 is 5.32 Å². The maximum Gasteiger partial charge on any atom is 0.226 e. The second-order valence-electron chi connectivity index (χ2n) is 6.42. The number of carbonyl (C=O) groups is 2. The number of carbonyl (C=O) groups excluding carboxylic acids is 2. The Morgan fingerprint density at radius 2 is 1.89 bits per heavy atom. The van der Waals surface area contributed by atoms with Gasteiger partial charge in [0.1, 0.15) is 0 Å². The van der Waals surface area contributed by atoms with Gasteiger partial charge in [0.05, 0.1) is 17.4 Å². The SMILES string of the molecule is O=C(CC1(O)CCC1)N1CCC2(CCNC2=O)CC1. The van der Waals surface area contributed by atoms with Gasteiger partial charge in [-0.2, -0.15) is 0 Å². The van der Waals surface area contributed by atoms with E-state index in [-0.39, 0.29) is 23.7 Å². The van der Waals surface area contributed by atoms with Crippen LogP contribution in [0.1, 0.15) is 44.9 Å². The lowest BCUT2D eigenvalue weighted by Crippen LogP contribution is -2.49. The van der Waals surface area contributed by atoms with Gasteiger partial charge in [-0.25, -0.2) is 0 Å². The molecule has 0 atom stereocenters. The van der Waals surface area contributed by atoms with E-state index in [9.17, 15) is 14.7 Å². The van der Waals surface area contributed by atoms with E-state index in [0.717, 1.165) is 45.1 Å². The molecule has 5 nitrogen and oxygen atoms in total. The fraction of sp³-hybridized carbons (Fsp3) is 0.857. The van der Waals surface area contributed by atoms with Crippen LogP contribution in [0.25, 0.3) is 0 Å². The Labute approximate surface area is 113 Å². The molecule has 106 valence electrons. The van der Waals surface area contributed by atoms with Crippen molar-refractivity contribution >= 4 is 11.8 Å². The minimum absolute atomic E-state index is 0.0513. The number of nitrogens with one attached hydrogen (secondary N) is 1. The molecule has 19 heavy (non-hydrogen) atoms. The van der Waals surface area contributed by atoms with Crippen LogP contribution in [0, 0.1) is 5.41 Å². The Morgan fingerprint density at radius 3 is 2.37 bits per heavy atom. The van der Waals surface area contributed by atoms with Crippen molar-refractivity contribution in [2.75, 3.05) is 19.6 Å². The van der Waals surface area contributed by atoms with Crippen LogP contribution in [-0.4, -0.2) is 47.1 Å². The van der Waals surface area contributed by atoms with Crippen LogP contribution in [0.15, 0.2) is 0 Å². The van der Waals surface area contributed by atoms with Gasteiger partial charge in [-0.3, -0.25) is 9.59 Å². The molecular weight excluding hydrogens is 244 g/mol. The van der Waals surface area contributed by atoms with Crippen LogP contribution in [0.4, 0.5) is 0 Å². The summed E-state index contributed by atoms with van der Waals surface area (Å²) in [7, 11) is 0. The molecule has 1 saturated carbocycles.